The number of anilines is 1. The lowest BCUT2D eigenvalue weighted by atomic mass is 9.97. The van der Waals surface area contributed by atoms with E-state index >= 15 is 0 Å². The van der Waals surface area contributed by atoms with Gasteiger partial charge in [-0.05, 0) is 39.0 Å². The largest absolute Gasteiger partial charge is 0.309 e. The van der Waals surface area contributed by atoms with E-state index in [4.69, 9.17) is 0 Å². The number of carbonyl (C=O) groups excluding carboxylic acids is 1. The van der Waals surface area contributed by atoms with Gasteiger partial charge in [0.1, 0.15) is 0 Å². The van der Waals surface area contributed by atoms with Crippen LogP contribution in [0.5, 0.6) is 0 Å². The van der Waals surface area contributed by atoms with Gasteiger partial charge >= 0.3 is 0 Å². The van der Waals surface area contributed by atoms with Crippen molar-refractivity contribution in [3.63, 3.8) is 0 Å². The minimum atomic E-state index is -0.500. The van der Waals surface area contributed by atoms with Crippen molar-refractivity contribution in [2.45, 2.75) is 32.4 Å². The zero-order valence-electron chi connectivity index (χ0n) is 10.3. The highest BCUT2D eigenvalue weighted by Gasteiger charge is 2.38. The van der Waals surface area contributed by atoms with Crippen LogP contribution in [0, 0.1) is 0 Å². The quantitative estimate of drug-likeness (QED) is 0.864. The number of benzene rings is 1. The number of nitrogens with zero attached hydrogens (tertiary/aromatic N) is 1. The van der Waals surface area contributed by atoms with Crippen molar-refractivity contribution in [3.05, 3.63) is 28.7 Å². The molecule has 0 aromatic heterocycles. The Kier molecular flexibility index (Phi) is 3.27. The van der Waals surface area contributed by atoms with Gasteiger partial charge < -0.3 is 4.90 Å². The summed E-state index contributed by atoms with van der Waals surface area (Å²) in [6.45, 7) is 6.66. The molecule has 1 aromatic rings. The molecule has 3 nitrogen and oxygen atoms in total. The predicted molar refractivity (Wildman–Crippen MR) is 73.2 cm³/mol. The van der Waals surface area contributed by atoms with Crippen LogP contribution in [-0.2, 0) is 4.79 Å². The zero-order valence-corrected chi connectivity index (χ0v) is 11.9. The van der Waals surface area contributed by atoms with Crippen LogP contribution in [0.15, 0.2) is 28.7 Å². The maximum absolute atomic E-state index is 12.4. The van der Waals surface area contributed by atoms with Crippen molar-refractivity contribution in [2.24, 2.45) is 0 Å². The van der Waals surface area contributed by atoms with Gasteiger partial charge in [0.2, 0.25) is 5.91 Å². The van der Waals surface area contributed by atoms with Gasteiger partial charge in [-0.2, -0.15) is 0 Å². The summed E-state index contributed by atoms with van der Waals surface area (Å²) in [7, 11) is 0. The van der Waals surface area contributed by atoms with Crippen molar-refractivity contribution in [1.29, 1.82) is 0 Å². The highest BCUT2D eigenvalue weighted by Crippen LogP contribution is 2.25. The van der Waals surface area contributed by atoms with E-state index < -0.39 is 5.54 Å². The molecule has 1 unspecified atom stereocenters. The van der Waals surface area contributed by atoms with Crippen molar-refractivity contribution < 1.29 is 4.79 Å². The molecule has 1 aromatic carbocycles. The fourth-order valence-corrected chi connectivity index (χ4v) is 2.67. The second-order valence-electron chi connectivity index (χ2n) is 5.07. The van der Waals surface area contributed by atoms with Crippen LogP contribution in [0.3, 0.4) is 0 Å². The van der Waals surface area contributed by atoms with Gasteiger partial charge in [-0.25, -0.2) is 0 Å². The highest BCUT2D eigenvalue weighted by atomic mass is 79.9. The molecular formula is C13H17BrN2O. The molecular weight excluding hydrogens is 280 g/mol. The summed E-state index contributed by atoms with van der Waals surface area (Å²) in [5, 5.41) is 3.32. The molecule has 0 radical (unpaired) electrons. The molecule has 0 spiro atoms. The topological polar surface area (TPSA) is 32.3 Å². The predicted octanol–water partition coefficient (Wildman–Crippen LogP) is 2.55. The third-order valence-electron chi connectivity index (χ3n) is 2.96. The molecule has 1 atom stereocenters. The average molecular weight is 297 g/mol. The molecule has 1 aliphatic heterocycles. The molecule has 0 aliphatic carbocycles. The van der Waals surface area contributed by atoms with Crippen molar-refractivity contribution in [2.75, 3.05) is 11.4 Å². The Hall–Kier alpha value is -0.870. The SMILES string of the molecule is CC1CN(c2cccc(Br)c2)C(=O)C(C)(C)N1. The summed E-state index contributed by atoms with van der Waals surface area (Å²) in [5.41, 5.74) is 0.450. The van der Waals surface area contributed by atoms with Gasteiger partial charge in [-0.1, -0.05) is 22.0 Å². The van der Waals surface area contributed by atoms with E-state index in [9.17, 15) is 4.79 Å². The van der Waals surface area contributed by atoms with Gasteiger partial charge in [0.25, 0.3) is 0 Å². The molecule has 2 rings (SSSR count). The number of halogens is 1. The van der Waals surface area contributed by atoms with Crippen LogP contribution in [-0.4, -0.2) is 24.0 Å². The Morgan fingerprint density at radius 3 is 2.82 bits per heavy atom. The molecule has 1 amide bonds. The average Bonchev–Trinajstić information content (AvgIpc) is 2.22. The first-order valence-corrected chi connectivity index (χ1v) is 6.55. The van der Waals surface area contributed by atoms with Gasteiger partial charge in [-0.3, -0.25) is 10.1 Å². The summed E-state index contributed by atoms with van der Waals surface area (Å²) < 4.78 is 0.992. The summed E-state index contributed by atoms with van der Waals surface area (Å²) in [4.78, 5) is 14.2. The number of rotatable bonds is 1. The van der Waals surface area contributed by atoms with Crippen molar-refractivity contribution >= 4 is 27.5 Å². The molecule has 17 heavy (non-hydrogen) atoms. The molecule has 1 N–H and O–H groups in total. The Bertz CT molecular complexity index is 445. The van der Waals surface area contributed by atoms with E-state index in [0.717, 1.165) is 10.2 Å². The van der Waals surface area contributed by atoms with Crippen LogP contribution in [0.4, 0.5) is 5.69 Å². The van der Waals surface area contributed by atoms with Crippen LogP contribution in [0.2, 0.25) is 0 Å². The van der Waals surface area contributed by atoms with Crippen LogP contribution in [0.25, 0.3) is 0 Å². The van der Waals surface area contributed by atoms with Crippen LogP contribution in [0.1, 0.15) is 20.8 Å². The monoisotopic (exact) mass is 296 g/mol. The molecule has 1 fully saturated rings. The van der Waals surface area contributed by atoms with Crippen LogP contribution >= 0.6 is 15.9 Å². The number of hydrogen-bond acceptors (Lipinski definition) is 2. The Morgan fingerprint density at radius 1 is 1.47 bits per heavy atom. The Balaban J connectivity index is 2.34. The molecule has 0 bridgehead atoms. The number of piperazine rings is 1. The third-order valence-corrected chi connectivity index (χ3v) is 3.46. The van der Waals surface area contributed by atoms with Crippen molar-refractivity contribution in [3.8, 4) is 0 Å². The first kappa shape index (κ1) is 12.6. The van der Waals surface area contributed by atoms with E-state index in [1.807, 2.05) is 43.0 Å². The smallest absolute Gasteiger partial charge is 0.246 e. The fraction of sp³-hybridized carbons (Fsp3) is 0.462. The maximum atomic E-state index is 12.4. The number of carbonyl (C=O) groups is 1. The number of amides is 1. The zero-order chi connectivity index (χ0) is 12.6. The van der Waals surface area contributed by atoms with Gasteiger partial charge in [-0.15, -0.1) is 0 Å². The third kappa shape index (κ3) is 2.53. The second-order valence-corrected chi connectivity index (χ2v) is 5.98. The summed E-state index contributed by atoms with van der Waals surface area (Å²) >= 11 is 3.44. The van der Waals surface area contributed by atoms with Gasteiger partial charge in [0, 0.05) is 22.7 Å². The van der Waals surface area contributed by atoms with Crippen LogP contribution < -0.4 is 10.2 Å². The fourth-order valence-electron chi connectivity index (χ4n) is 2.28. The molecule has 4 heteroatoms. The van der Waals surface area contributed by atoms with Gasteiger partial charge in [0.05, 0.1) is 5.54 Å². The Morgan fingerprint density at radius 2 is 2.18 bits per heavy atom. The van der Waals surface area contributed by atoms with E-state index in [-0.39, 0.29) is 5.91 Å². The first-order valence-electron chi connectivity index (χ1n) is 5.75. The summed E-state index contributed by atoms with van der Waals surface area (Å²) in [6.07, 6.45) is 0. The minimum absolute atomic E-state index is 0.119. The highest BCUT2D eigenvalue weighted by molar-refractivity contribution is 9.10. The lowest BCUT2D eigenvalue weighted by Gasteiger charge is -2.41. The number of hydrogen-bond donors (Lipinski definition) is 1. The number of nitrogens with one attached hydrogen (secondary N) is 1. The summed E-state index contributed by atoms with van der Waals surface area (Å²) in [6, 6.07) is 8.15. The molecule has 1 aliphatic rings. The van der Waals surface area contributed by atoms with Gasteiger partial charge in [0.15, 0.2) is 0 Å². The Labute approximate surface area is 110 Å². The second kappa shape index (κ2) is 4.42. The molecule has 0 saturated carbocycles. The van der Waals surface area contributed by atoms with Crippen molar-refractivity contribution in [1.82, 2.24) is 5.32 Å². The van der Waals surface area contributed by atoms with E-state index in [0.29, 0.717) is 12.6 Å². The molecule has 1 saturated heterocycles. The maximum Gasteiger partial charge on any atom is 0.246 e. The van der Waals surface area contributed by atoms with E-state index in [1.54, 1.807) is 0 Å². The lowest BCUT2D eigenvalue weighted by Crippen LogP contribution is -2.65. The standard InChI is InChI=1S/C13H17BrN2O/c1-9-8-16(12(17)13(2,3)15-9)11-6-4-5-10(14)7-11/h4-7,9,15H,8H2,1-3H3. The summed E-state index contributed by atoms with van der Waals surface area (Å²) in [5.74, 6) is 0.119. The molecule has 1 heterocycles. The van der Waals surface area contributed by atoms with E-state index in [1.165, 1.54) is 0 Å². The molecule has 92 valence electrons. The first-order chi connectivity index (χ1) is 7.90. The van der Waals surface area contributed by atoms with E-state index in [2.05, 4.69) is 28.2 Å². The minimum Gasteiger partial charge on any atom is -0.309 e. The lowest BCUT2D eigenvalue weighted by molar-refractivity contribution is -0.125. The normalized spacial score (nSPS) is 23.9.